The Labute approximate surface area is 140 Å². The highest BCUT2D eigenvalue weighted by Crippen LogP contribution is 2.31. The molecule has 1 aromatic heterocycles. The van der Waals surface area contributed by atoms with E-state index in [0.29, 0.717) is 23.7 Å². The van der Waals surface area contributed by atoms with Gasteiger partial charge in [0.1, 0.15) is 11.5 Å². The second-order valence-corrected chi connectivity index (χ2v) is 5.45. The topological polar surface area (TPSA) is 66.9 Å². The summed E-state index contributed by atoms with van der Waals surface area (Å²) < 4.78 is 10.5. The van der Waals surface area contributed by atoms with E-state index >= 15 is 0 Å². The Bertz CT molecular complexity index is 728. The van der Waals surface area contributed by atoms with Crippen LogP contribution in [0.15, 0.2) is 36.5 Å². The quantitative estimate of drug-likeness (QED) is 0.938. The average molecular weight is 328 g/mol. The molecular weight excluding hydrogens is 308 g/mol. The van der Waals surface area contributed by atoms with Gasteiger partial charge in [0, 0.05) is 50.2 Å². The number of pyridine rings is 1. The fraction of sp³-hybridized carbons (Fsp3) is 0.294. The van der Waals surface area contributed by atoms with Crippen LogP contribution in [0.4, 0.5) is 22.0 Å². The maximum absolute atomic E-state index is 12.7. The predicted octanol–water partition coefficient (Wildman–Crippen LogP) is 2.59. The number of aromatic nitrogens is 1. The minimum Gasteiger partial charge on any atom is -0.497 e. The summed E-state index contributed by atoms with van der Waals surface area (Å²) in [5.74, 6) is 2.03. The number of rotatable bonds is 3. The molecule has 7 nitrogen and oxygen atoms in total. The molecule has 7 heteroatoms. The third-order valence-corrected chi connectivity index (χ3v) is 3.93. The molecule has 0 bridgehead atoms. The van der Waals surface area contributed by atoms with Gasteiger partial charge in [0.05, 0.1) is 19.9 Å². The van der Waals surface area contributed by atoms with E-state index in [2.05, 4.69) is 10.3 Å². The molecule has 0 fully saturated rings. The maximum Gasteiger partial charge on any atom is 0.326 e. The number of benzene rings is 1. The van der Waals surface area contributed by atoms with Crippen LogP contribution in [0, 0.1) is 0 Å². The molecule has 126 valence electrons. The maximum atomic E-state index is 12.7. The van der Waals surface area contributed by atoms with Gasteiger partial charge in [0.25, 0.3) is 0 Å². The number of likely N-dealkylation sites (N-methyl/N-ethyl adjacent to an activating group) is 1. The molecule has 24 heavy (non-hydrogen) atoms. The number of nitrogens with zero attached hydrogens (tertiary/aromatic N) is 3. The van der Waals surface area contributed by atoms with Crippen LogP contribution >= 0.6 is 0 Å². The third kappa shape index (κ3) is 3.05. The zero-order valence-electron chi connectivity index (χ0n) is 13.9. The number of carbonyl (C=O) groups is 1. The molecule has 1 aliphatic rings. The van der Waals surface area contributed by atoms with Gasteiger partial charge in [-0.1, -0.05) is 0 Å². The molecule has 0 spiro atoms. The van der Waals surface area contributed by atoms with Crippen molar-refractivity contribution < 1.29 is 14.3 Å². The molecule has 0 unspecified atom stereocenters. The number of carbonyl (C=O) groups excluding carboxylic acids is 1. The van der Waals surface area contributed by atoms with Crippen molar-refractivity contribution in [3.8, 4) is 11.5 Å². The second-order valence-electron chi connectivity index (χ2n) is 5.45. The lowest BCUT2D eigenvalue weighted by molar-refractivity contribution is 0.257. The van der Waals surface area contributed by atoms with Crippen molar-refractivity contribution in [2.24, 2.45) is 0 Å². The van der Waals surface area contributed by atoms with Gasteiger partial charge in [-0.3, -0.25) is 4.90 Å². The molecule has 0 saturated carbocycles. The summed E-state index contributed by atoms with van der Waals surface area (Å²) in [6.07, 6.45) is 1.73. The van der Waals surface area contributed by atoms with Crippen molar-refractivity contribution in [2.45, 2.75) is 0 Å². The summed E-state index contributed by atoms with van der Waals surface area (Å²) in [7, 11) is 5.11. The van der Waals surface area contributed by atoms with Crippen LogP contribution in [0.1, 0.15) is 0 Å². The van der Waals surface area contributed by atoms with E-state index in [9.17, 15) is 4.79 Å². The normalized spacial score (nSPS) is 13.3. The van der Waals surface area contributed by atoms with E-state index in [1.807, 2.05) is 24.1 Å². The Kier molecular flexibility index (Phi) is 4.41. The minimum absolute atomic E-state index is 0.215. The van der Waals surface area contributed by atoms with Crippen molar-refractivity contribution >= 4 is 23.2 Å². The van der Waals surface area contributed by atoms with Crippen molar-refractivity contribution in [3.63, 3.8) is 0 Å². The monoisotopic (exact) mass is 328 g/mol. The molecule has 1 aliphatic heterocycles. The summed E-state index contributed by atoms with van der Waals surface area (Å²) in [6, 6.07) is 8.76. The zero-order valence-corrected chi connectivity index (χ0v) is 13.9. The molecule has 1 aromatic carbocycles. The first-order valence-corrected chi connectivity index (χ1v) is 7.60. The number of methoxy groups -OCH3 is 2. The van der Waals surface area contributed by atoms with E-state index in [-0.39, 0.29) is 6.03 Å². The standard InChI is InChI=1S/C17H20N4O3/c1-20-7-8-21(15-5-4-6-18-16(15)20)17(22)19-12-9-13(23-2)11-14(10-12)24-3/h4-6,9-11H,7-8H2,1-3H3,(H,19,22). The van der Waals surface area contributed by atoms with Crippen LogP contribution in [0.5, 0.6) is 11.5 Å². The van der Waals surface area contributed by atoms with Crippen molar-refractivity contribution in [1.29, 1.82) is 0 Å². The first-order valence-electron chi connectivity index (χ1n) is 7.60. The SMILES string of the molecule is COc1cc(NC(=O)N2CCN(C)c3ncccc32)cc(OC)c1. The van der Waals surface area contributed by atoms with E-state index in [1.165, 1.54) is 0 Å². The van der Waals surface area contributed by atoms with Gasteiger partial charge in [-0.15, -0.1) is 0 Å². The van der Waals surface area contributed by atoms with Crippen molar-refractivity contribution in [1.82, 2.24) is 4.98 Å². The Morgan fingerprint density at radius 1 is 1.17 bits per heavy atom. The smallest absolute Gasteiger partial charge is 0.326 e. The van der Waals surface area contributed by atoms with Gasteiger partial charge in [-0.25, -0.2) is 9.78 Å². The molecule has 0 radical (unpaired) electrons. The minimum atomic E-state index is -0.215. The number of anilines is 3. The third-order valence-electron chi connectivity index (χ3n) is 3.93. The predicted molar refractivity (Wildman–Crippen MR) is 93.4 cm³/mol. The largest absolute Gasteiger partial charge is 0.497 e. The molecule has 3 rings (SSSR count). The number of ether oxygens (including phenoxy) is 2. The number of hydrogen-bond acceptors (Lipinski definition) is 5. The highest BCUT2D eigenvalue weighted by Gasteiger charge is 2.26. The van der Waals surface area contributed by atoms with Gasteiger partial charge >= 0.3 is 6.03 Å². The summed E-state index contributed by atoms with van der Waals surface area (Å²) in [6.45, 7) is 1.31. The van der Waals surface area contributed by atoms with Crippen LogP contribution in [0.3, 0.4) is 0 Å². The van der Waals surface area contributed by atoms with E-state index in [1.54, 1.807) is 43.5 Å². The number of fused-ring (bicyclic) bond motifs is 1. The van der Waals surface area contributed by atoms with E-state index in [0.717, 1.165) is 18.1 Å². The lowest BCUT2D eigenvalue weighted by atomic mass is 10.2. The van der Waals surface area contributed by atoms with Crippen LogP contribution < -0.4 is 24.6 Å². The molecule has 0 saturated heterocycles. The number of urea groups is 1. The highest BCUT2D eigenvalue weighted by molar-refractivity contribution is 6.04. The Morgan fingerprint density at radius 3 is 2.54 bits per heavy atom. The summed E-state index contributed by atoms with van der Waals surface area (Å²) in [4.78, 5) is 20.8. The first-order chi connectivity index (χ1) is 11.6. The van der Waals surface area contributed by atoms with Gasteiger partial charge in [-0.2, -0.15) is 0 Å². The molecular formula is C17H20N4O3. The van der Waals surface area contributed by atoms with Crippen molar-refractivity contribution in [3.05, 3.63) is 36.5 Å². The Balaban J connectivity index is 1.85. The molecule has 0 atom stereocenters. The summed E-state index contributed by atoms with van der Waals surface area (Å²) in [5.41, 5.74) is 1.40. The van der Waals surface area contributed by atoms with Crippen LogP contribution in [-0.2, 0) is 0 Å². The van der Waals surface area contributed by atoms with E-state index in [4.69, 9.17) is 9.47 Å². The highest BCUT2D eigenvalue weighted by atomic mass is 16.5. The zero-order chi connectivity index (χ0) is 17.1. The number of hydrogen-bond donors (Lipinski definition) is 1. The summed E-state index contributed by atoms with van der Waals surface area (Å²) >= 11 is 0. The number of nitrogens with one attached hydrogen (secondary N) is 1. The lowest BCUT2D eigenvalue weighted by Crippen LogP contribution is -2.45. The molecule has 0 aliphatic carbocycles. The van der Waals surface area contributed by atoms with Crippen LogP contribution in [-0.4, -0.2) is 45.4 Å². The van der Waals surface area contributed by atoms with Gasteiger partial charge in [-0.05, 0) is 12.1 Å². The van der Waals surface area contributed by atoms with Gasteiger partial charge in [0.15, 0.2) is 5.82 Å². The Hall–Kier alpha value is -2.96. The lowest BCUT2D eigenvalue weighted by Gasteiger charge is -2.34. The molecule has 1 N–H and O–H groups in total. The number of amides is 2. The fourth-order valence-corrected chi connectivity index (χ4v) is 2.65. The summed E-state index contributed by atoms with van der Waals surface area (Å²) in [5, 5.41) is 2.90. The van der Waals surface area contributed by atoms with Crippen LogP contribution in [0.25, 0.3) is 0 Å². The fourth-order valence-electron chi connectivity index (χ4n) is 2.65. The molecule has 2 heterocycles. The van der Waals surface area contributed by atoms with Gasteiger partial charge < -0.3 is 19.7 Å². The van der Waals surface area contributed by atoms with Crippen LogP contribution in [0.2, 0.25) is 0 Å². The average Bonchev–Trinajstić information content (AvgIpc) is 2.61. The molecule has 2 amide bonds. The molecule has 2 aromatic rings. The van der Waals surface area contributed by atoms with E-state index < -0.39 is 0 Å². The first kappa shape index (κ1) is 15.9. The van der Waals surface area contributed by atoms with Crippen molar-refractivity contribution in [2.75, 3.05) is 49.5 Å². The van der Waals surface area contributed by atoms with Gasteiger partial charge in [0.2, 0.25) is 0 Å². The Morgan fingerprint density at radius 2 is 1.88 bits per heavy atom. The second kappa shape index (κ2) is 6.66.